The van der Waals surface area contributed by atoms with Gasteiger partial charge >= 0.3 is 34.2 Å². The normalized spacial score (nSPS) is 33.1. The topological polar surface area (TPSA) is 36.9 Å². The Kier molecular flexibility index (Phi) is 13.1. The summed E-state index contributed by atoms with van der Waals surface area (Å²) in [5.74, 6) is 0. The van der Waals surface area contributed by atoms with E-state index in [1.165, 1.54) is 0 Å². The SMILES string of the molecule is C=CC[Si]1(CCC)O[Si](CC=C)(CCC)O[Si](CC=C)(CCC)O[Si](CC=C)(CCC)O1. The molecule has 1 saturated heterocycles. The first-order chi connectivity index (χ1) is 15.3. The van der Waals surface area contributed by atoms with Crippen molar-refractivity contribution in [3.63, 3.8) is 0 Å². The molecule has 1 heterocycles. The standard InChI is InChI=1S/C24H48O4Si4/c1-9-17-29(18-10-2)25-30(19-11-3,20-12-4)27-32(23-15-7,24-16-8)28-31(26-29,21-13-5)22-14-6/h9,11,13,15H,1,3,5,7,10,12,14,16-24H2,2,4,6,8H3. The lowest BCUT2D eigenvalue weighted by Crippen LogP contribution is -2.69. The molecule has 8 heteroatoms. The fourth-order valence-corrected chi connectivity index (χ4v) is 29.6. The highest BCUT2D eigenvalue weighted by atomic mass is 28.5. The summed E-state index contributed by atoms with van der Waals surface area (Å²) in [7, 11) is -10.5. The number of rotatable bonds is 16. The first-order valence-corrected chi connectivity index (χ1v) is 21.5. The first kappa shape index (κ1) is 29.7. The van der Waals surface area contributed by atoms with Gasteiger partial charge in [-0.25, -0.2) is 0 Å². The molecule has 32 heavy (non-hydrogen) atoms. The summed E-state index contributed by atoms with van der Waals surface area (Å²) in [5, 5.41) is 0. The smallest absolute Gasteiger partial charge is 0.324 e. The molecule has 0 bridgehead atoms. The van der Waals surface area contributed by atoms with Gasteiger partial charge in [0.2, 0.25) is 0 Å². The number of hydrogen-bond acceptors (Lipinski definition) is 4. The van der Waals surface area contributed by atoms with Crippen molar-refractivity contribution in [1.82, 2.24) is 0 Å². The first-order valence-electron chi connectivity index (χ1n) is 12.6. The van der Waals surface area contributed by atoms with Gasteiger partial charge in [0, 0.05) is 24.2 Å². The summed E-state index contributed by atoms with van der Waals surface area (Å²) in [6, 6.07) is 6.79. The Morgan fingerprint density at radius 1 is 0.438 bits per heavy atom. The Bertz CT molecular complexity index is 499. The summed E-state index contributed by atoms with van der Waals surface area (Å²) in [6.45, 7) is 25.2. The molecular formula is C24H48O4Si4. The van der Waals surface area contributed by atoms with Crippen LogP contribution in [0.25, 0.3) is 0 Å². The van der Waals surface area contributed by atoms with E-state index in [0.29, 0.717) is 0 Å². The Morgan fingerprint density at radius 3 is 0.750 bits per heavy atom. The van der Waals surface area contributed by atoms with Crippen molar-refractivity contribution in [2.45, 2.75) is 102 Å². The molecule has 1 rings (SSSR count). The van der Waals surface area contributed by atoms with Crippen LogP contribution in [0.3, 0.4) is 0 Å². The molecular weight excluding hydrogens is 465 g/mol. The summed E-state index contributed by atoms with van der Waals surface area (Å²) in [6.07, 6.45) is 12.0. The molecule has 0 N–H and O–H groups in total. The lowest BCUT2D eigenvalue weighted by atomic mass is 10.6. The minimum Gasteiger partial charge on any atom is -0.415 e. The van der Waals surface area contributed by atoms with Crippen molar-refractivity contribution in [2.24, 2.45) is 0 Å². The molecule has 0 unspecified atom stereocenters. The predicted octanol–water partition coefficient (Wildman–Crippen LogP) is 8.22. The van der Waals surface area contributed by atoms with Crippen LogP contribution in [0.4, 0.5) is 0 Å². The van der Waals surface area contributed by atoms with E-state index in [1.54, 1.807) is 0 Å². The van der Waals surface area contributed by atoms with Gasteiger partial charge in [-0.2, -0.15) is 0 Å². The zero-order chi connectivity index (χ0) is 24.1. The maximum Gasteiger partial charge on any atom is 0.324 e. The highest BCUT2D eigenvalue weighted by Crippen LogP contribution is 2.44. The fourth-order valence-electron chi connectivity index (χ4n) is 4.99. The second-order valence-corrected chi connectivity index (χ2v) is 23.2. The summed E-state index contributed by atoms with van der Waals surface area (Å²) in [4.78, 5) is 0. The average Bonchev–Trinajstić information content (AvgIpc) is 2.68. The molecule has 1 aliphatic rings. The molecule has 0 saturated carbocycles. The van der Waals surface area contributed by atoms with E-state index in [9.17, 15) is 0 Å². The van der Waals surface area contributed by atoms with Gasteiger partial charge in [-0.1, -0.05) is 77.7 Å². The van der Waals surface area contributed by atoms with Gasteiger partial charge in [0.15, 0.2) is 0 Å². The van der Waals surface area contributed by atoms with Crippen molar-refractivity contribution >= 4 is 34.2 Å². The Balaban J connectivity index is 3.80. The van der Waals surface area contributed by atoms with Gasteiger partial charge in [-0.3, -0.25) is 0 Å². The van der Waals surface area contributed by atoms with Crippen molar-refractivity contribution < 1.29 is 16.5 Å². The van der Waals surface area contributed by atoms with E-state index in [2.05, 4.69) is 54.0 Å². The zero-order valence-electron chi connectivity index (χ0n) is 21.3. The van der Waals surface area contributed by atoms with E-state index < -0.39 is 34.2 Å². The third-order valence-corrected chi connectivity index (χ3v) is 26.4. The van der Waals surface area contributed by atoms with Crippen LogP contribution >= 0.6 is 0 Å². The van der Waals surface area contributed by atoms with Gasteiger partial charge in [0.05, 0.1) is 0 Å². The molecule has 0 spiro atoms. The third-order valence-electron chi connectivity index (χ3n) is 5.83. The molecule has 0 aliphatic carbocycles. The van der Waals surface area contributed by atoms with E-state index in [1.807, 2.05) is 24.3 Å². The maximum absolute atomic E-state index is 7.34. The van der Waals surface area contributed by atoms with Gasteiger partial charge in [-0.15, -0.1) is 26.3 Å². The second-order valence-electron chi connectivity index (χ2n) is 9.02. The molecule has 0 atom stereocenters. The van der Waals surface area contributed by atoms with Gasteiger partial charge in [-0.05, 0) is 24.2 Å². The third kappa shape index (κ3) is 7.87. The Morgan fingerprint density at radius 2 is 0.625 bits per heavy atom. The molecule has 184 valence electrons. The highest BCUT2D eigenvalue weighted by molar-refractivity contribution is 6.95. The van der Waals surface area contributed by atoms with Crippen LogP contribution in [0.5, 0.6) is 0 Å². The molecule has 4 nitrogen and oxygen atoms in total. The molecule has 0 aromatic heterocycles. The van der Waals surface area contributed by atoms with Crippen LogP contribution in [-0.4, -0.2) is 34.2 Å². The molecule has 1 fully saturated rings. The largest absolute Gasteiger partial charge is 0.415 e. The van der Waals surface area contributed by atoms with Crippen LogP contribution in [0, 0.1) is 0 Å². The number of hydrogen-bond donors (Lipinski definition) is 0. The van der Waals surface area contributed by atoms with Gasteiger partial charge in [0.25, 0.3) is 0 Å². The van der Waals surface area contributed by atoms with Crippen LogP contribution in [0.1, 0.15) is 53.4 Å². The van der Waals surface area contributed by atoms with E-state index in [-0.39, 0.29) is 0 Å². The highest BCUT2D eigenvalue weighted by Gasteiger charge is 2.60. The summed E-state index contributed by atoms with van der Waals surface area (Å²) in [5.41, 5.74) is 0. The summed E-state index contributed by atoms with van der Waals surface area (Å²) < 4.78 is 29.3. The second kappa shape index (κ2) is 14.2. The van der Waals surface area contributed by atoms with Crippen molar-refractivity contribution in [3.05, 3.63) is 50.6 Å². The molecule has 0 aromatic carbocycles. The minimum absolute atomic E-state index is 0.766. The van der Waals surface area contributed by atoms with Crippen molar-refractivity contribution in [2.75, 3.05) is 0 Å². The molecule has 0 radical (unpaired) electrons. The minimum atomic E-state index is -2.64. The van der Waals surface area contributed by atoms with Crippen LogP contribution < -0.4 is 0 Å². The van der Waals surface area contributed by atoms with Crippen LogP contribution in [0.15, 0.2) is 50.6 Å². The number of allylic oxidation sites excluding steroid dienone is 4. The quantitative estimate of drug-likeness (QED) is 0.154. The summed E-state index contributed by atoms with van der Waals surface area (Å²) >= 11 is 0. The molecule has 0 amide bonds. The molecule has 0 aromatic rings. The van der Waals surface area contributed by atoms with Crippen molar-refractivity contribution in [3.8, 4) is 0 Å². The monoisotopic (exact) mass is 512 g/mol. The predicted molar refractivity (Wildman–Crippen MR) is 148 cm³/mol. The average molecular weight is 513 g/mol. The Labute approximate surface area is 202 Å². The van der Waals surface area contributed by atoms with Crippen molar-refractivity contribution in [1.29, 1.82) is 0 Å². The zero-order valence-corrected chi connectivity index (χ0v) is 25.3. The Hall–Kier alpha value is -0.332. The molecule has 1 aliphatic heterocycles. The lowest BCUT2D eigenvalue weighted by Gasteiger charge is -2.53. The fraction of sp³-hybridized carbons (Fsp3) is 0.667. The van der Waals surface area contributed by atoms with Crippen LogP contribution in [0.2, 0.25) is 48.4 Å². The van der Waals surface area contributed by atoms with Gasteiger partial charge in [0.1, 0.15) is 0 Å². The maximum atomic E-state index is 7.34. The lowest BCUT2D eigenvalue weighted by molar-refractivity contribution is 0.213. The van der Waals surface area contributed by atoms with Gasteiger partial charge < -0.3 is 16.5 Å². The van der Waals surface area contributed by atoms with E-state index >= 15 is 0 Å². The van der Waals surface area contributed by atoms with E-state index in [4.69, 9.17) is 16.5 Å². The van der Waals surface area contributed by atoms with E-state index in [0.717, 1.165) is 74.0 Å². The van der Waals surface area contributed by atoms with Crippen LogP contribution in [-0.2, 0) is 16.5 Å².